The van der Waals surface area contributed by atoms with Crippen LogP contribution in [0.2, 0.25) is 6.82 Å². The Kier molecular flexibility index (Phi) is 1.96. The summed E-state index contributed by atoms with van der Waals surface area (Å²) in [6, 6.07) is 0. The van der Waals surface area contributed by atoms with E-state index in [1.807, 2.05) is 6.82 Å². The van der Waals surface area contributed by atoms with Gasteiger partial charge < -0.3 is 9.31 Å². The van der Waals surface area contributed by atoms with E-state index in [2.05, 4.69) is 13.8 Å². The Bertz CT molecular complexity index is 183. The second-order valence-corrected chi connectivity index (χ2v) is 4.31. The highest BCUT2D eigenvalue weighted by molar-refractivity contribution is 6.43. The molecule has 2 rings (SSSR count). The van der Waals surface area contributed by atoms with Crippen LogP contribution in [0.1, 0.15) is 33.1 Å². The molecule has 2 unspecified atom stereocenters. The number of hydrogen-bond donors (Lipinski definition) is 0. The van der Waals surface area contributed by atoms with Gasteiger partial charge in [-0.3, -0.25) is 0 Å². The van der Waals surface area contributed by atoms with E-state index in [0.717, 1.165) is 0 Å². The van der Waals surface area contributed by atoms with E-state index < -0.39 is 0 Å². The standard InChI is InChI=1S/C9H17BO2/c1-7(2)9-6-4-5-8(9)11-10(3)12-9/h7-8H,4-6H2,1-3H3. The molecule has 2 fully saturated rings. The van der Waals surface area contributed by atoms with E-state index in [9.17, 15) is 0 Å². The number of rotatable bonds is 1. The average Bonchev–Trinajstić information content (AvgIpc) is 2.42. The van der Waals surface area contributed by atoms with E-state index in [1.54, 1.807) is 0 Å². The monoisotopic (exact) mass is 168 g/mol. The second-order valence-electron chi connectivity index (χ2n) is 4.31. The molecule has 1 saturated heterocycles. The van der Waals surface area contributed by atoms with Crippen LogP contribution < -0.4 is 0 Å². The minimum atomic E-state index is 0.0118. The minimum absolute atomic E-state index is 0.0118. The van der Waals surface area contributed by atoms with Crippen molar-refractivity contribution in [2.75, 3.05) is 0 Å². The van der Waals surface area contributed by atoms with Crippen molar-refractivity contribution in [1.29, 1.82) is 0 Å². The molecule has 2 aliphatic rings. The molecule has 12 heavy (non-hydrogen) atoms. The zero-order valence-corrected chi connectivity index (χ0v) is 8.17. The van der Waals surface area contributed by atoms with Gasteiger partial charge >= 0.3 is 7.12 Å². The molecule has 2 nitrogen and oxygen atoms in total. The van der Waals surface area contributed by atoms with Gasteiger partial charge in [-0.25, -0.2) is 0 Å². The molecule has 0 radical (unpaired) electrons. The summed E-state index contributed by atoms with van der Waals surface area (Å²) in [5.41, 5.74) is 0.0550. The van der Waals surface area contributed by atoms with Crippen LogP contribution in [0.4, 0.5) is 0 Å². The van der Waals surface area contributed by atoms with Gasteiger partial charge in [0.25, 0.3) is 0 Å². The van der Waals surface area contributed by atoms with Gasteiger partial charge in [-0.1, -0.05) is 13.8 Å². The molecule has 0 N–H and O–H groups in total. The van der Waals surface area contributed by atoms with Crippen LogP contribution >= 0.6 is 0 Å². The highest BCUT2D eigenvalue weighted by atomic mass is 16.7. The molecule has 0 bridgehead atoms. The van der Waals surface area contributed by atoms with Crippen molar-refractivity contribution in [3.63, 3.8) is 0 Å². The van der Waals surface area contributed by atoms with Crippen LogP contribution in [0.3, 0.4) is 0 Å². The lowest BCUT2D eigenvalue weighted by Gasteiger charge is -2.32. The van der Waals surface area contributed by atoms with Crippen LogP contribution in [0.5, 0.6) is 0 Å². The first kappa shape index (κ1) is 8.58. The minimum Gasteiger partial charge on any atom is -0.406 e. The van der Waals surface area contributed by atoms with Gasteiger partial charge in [-0.15, -0.1) is 0 Å². The van der Waals surface area contributed by atoms with Crippen LogP contribution in [-0.2, 0) is 9.31 Å². The third-order valence-corrected chi connectivity index (χ3v) is 3.30. The van der Waals surface area contributed by atoms with E-state index in [1.165, 1.54) is 19.3 Å². The summed E-state index contributed by atoms with van der Waals surface area (Å²) in [5.74, 6) is 0.579. The van der Waals surface area contributed by atoms with Crippen molar-refractivity contribution in [1.82, 2.24) is 0 Å². The molecule has 0 aromatic heterocycles. The van der Waals surface area contributed by atoms with E-state index >= 15 is 0 Å². The third kappa shape index (κ3) is 1.03. The molecule has 1 aliphatic carbocycles. The fraction of sp³-hybridized carbons (Fsp3) is 1.00. The molecule has 1 heterocycles. The van der Waals surface area contributed by atoms with Gasteiger partial charge in [0.05, 0.1) is 11.7 Å². The maximum Gasteiger partial charge on any atom is 0.454 e. The Hall–Kier alpha value is -0.0151. The fourth-order valence-corrected chi connectivity index (χ4v) is 2.65. The van der Waals surface area contributed by atoms with Crippen molar-refractivity contribution in [2.45, 2.75) is 51.6 Å². The van der Waals surface area contributed by atoms with Crippen molar-refractivity contribution in [3.05, 3.63) is 0 Å². The van der Waals surface area contributed by atoms with E-state index in [4.69, 9.17) is 9.31 Å². The maximum atomic E-state index is 5.91. The maximum absolute atomic E-state index is 5.91. The van der Waals surface area contributed by atoms with Crippen molar-refractivity contribution >= 4 is 7.12 Å². The van der Waals surface area contributed by atoms with Crippen LogP contribution in [-0.4, -0.2) is 18.8 Å². The van der Waals surface area contributed by atoms with Gasteiger partial charge in [0, 0.05) is 0 Å². The highest BCUT2D eigenvalue weighted by Gasteiger charge is 2.53. The summed E-state index contributed by atoms with van der Waals surface area (Å²) in [4.78, 5) is 0. The summed E-state index contributed by atoms with van der Waals surface area (Å²) in [5, 5.41) is 0. The lowest BCUT2D eigenvalue weighted by atomic mass is 9.86. The van der Waals surface area contributed by atoms with Crippen molar-refractivity contribution in [2.24, 2.45) is 5.92 Å². The highest BCUT2D eigenvalue weighted by Crippen LogP contribution is 2.45. The SMILES string of the molecule is CB1OC2CCCC2(C(C)C)O1. The normalized spacial score (nSPS) is 41.0. The predicted octanol–water partition coefficient (Wildman–Crippen LogP) is 2.10. The summed E-state index contributed by atoms with van der Waals surface area (Å²) in [7, 11) is 0.0118. The lowest BCUT2D eigenvalue weighted by molar-refractivity contribution is 0.0161. The molecule has 0 amide bonds. The molecule has 3 heteroatoms. The zero-order valence-electron chi connectivity index (χ0n) is 8.17. The number of fused-ring (bicyclic) bond motifs is 1. The smallest absolute Gasteiger partial charge is 0.406 e. The molecule has 1 aliphatic heterocycles. The summed E-state index contributed by atoms with van der Waals surface area (Å²) in [6.45, 7) is 6.47. The molecule has 68 valence electrons. The first-order chi connectivity index (χ1) is 5.65. The quantitative estimate of drug-likeness (QED) is 0.558. The average molecular weight is 168 g/mol. The molecule has 0 aromatic rings. The molecule has 0 spiro atoms. The predicted molar refractivity (Wildman–Crippen MR) is 49.0 cm³/mol. The molecule has 1 saturated carbocycles. The molecule has 0 aromatic carbocycles. The summed E-state index contributed by atoms with van der Waals surface area (Å²) < 4.78 is 11.6. The van der Waals surface area contributed by atoms with Crippen LogP contribution in [0.25, 0.3) is 0 Å². The Morgan fingerprint density at radius 2 is 2.25 bits per heavy atom. The summed E-state index contributed by atoms with van der Waals surface area (Å²) >= 11 is 0. The van der Waals surface area contributed by atoms with Gasteiger partial charge in [0.1, 0.15) is 0 Å². The topological polar surface area (TPSA) is 18.5 Å². The van der Waals surface area contributed by atoms with Gasteiger partial charge in [0.2, 0.25) is 0 Å². The molecule has 2 atom stereocenters. The first-order valence-electron chi connectivity index (χ1n) is 4.98. The first-order valence-corrected chi connectivity index (χ1v) is 4.98. The molecular weight excluding hydrogens is 151 g/mol. The van der Waals surface area contributed by atoms with Crippen LogP contribution in [0.15, 0.2) is 0 Å². The Morgan fingerprint density at radius 3 is 2.83 bits per heavy atom. The van der Waals surface area contributed by atoms with E-state index in [0.29, 0.717) is 12.0 Å². The van der Waals surface area contributed by atoms with Crippen LogP contribution in [0, 0.1) is 5.92 Å². The Morgan fingerprint density at radius 1 is 1.50 bits per heavy atom. The fourth-order valence-electron chi connectivity index (χ4n) is 2.65. The third-order valence-electron chi connectivity index (χ3n) is 3.30. The van der Waals surface area contributed by atoms with Crippen molar-refractivity contribution < 1.29 is 9.31 Å². The zero-order chi connectivity index (χ0) is 8.77. The second kappa shape index (κ2) is 2.74. The summed E-state index contributed by atoms with van der Waals surface area (Å²) in [6.07, 6.45) is 3.99. The van der Waals surface area contributed by atoms with Gasteiger partial charge in [-0.05, 0) is 32.0 Å². The van der Waals surface area contributed by atoms with Gasteiger partial charge in [-0.2, -0.15) is 0 Å². The van der Waals surface area contributed by atoms with E-state index in [-0.39, 0.29) is 12.7 Å². The lowest BCUT2D eigenvalue weighted by Crippen LogP contribution is -2.40. The van der Waals surface area contributed by atoms with Gasteiger partial charge in [0.15, 0.2) is 0 Å². The van der Waals surface area contributed by atoms with Crippen molar-refractivity contribution in [3.8, 4) is 0 Å². The number of hydrogen-bond acceptors (Lipinski definition) is 2. The molecular formula is C9H17BO2. The Labute approximate surface area is 74.8 Å². The largest absolute Gasteiger partial charge is 0.454 e. The Balaban J connectivity index is 2.20.